The van der Waals surface area contributed by atoms with Crippen LogP contribution >= 0.6 is 0 Å². The molecule has 0 bridgehead atoms. The number of benzene rings is 1. The Morgan fingerprint density at radius 2 is 2.00 bits per heavy atom. The first kappa shape index (κ1) is 25.8. The molecule has 1 aliphatic rings. The number of anilines is 1. The molecule has 2 atom stereocenters. The van der Waals surface area contributed by atoms with Crippen LogP contribution in [0.3, 0.4) is 0 Å². The smallest absolute Gasteiger partial charge is 0.289 e. The highest BCUT2D eigenvalue weighted by molar-refractivity contribution is 5.96. The van der Waals surface area contributed by atoms with Gasteiger partial charge in [0.2, 0.25) is 5.82 Å². The molecule has 0 unspecified atom stereocenters. The van der Waals surface area contributed by atoms with Crippen molar-refractivity contribution in [2.45, 2.75) is 70.6 Å². The maximum absolute atomic E-state index is 12.8. The van der Waals surface area contributed by atoms with Gasteiger partial charge in [-0.3, -0.25) is 9.79 Å². The van der Waals surface area contributed by atoms with Gasteiger partial charge in [-0.15, -0.1) is 0 Å². The SMILES string of the molecule is COCCCNC(=O)c1nc(N[C@H]2CCCC[C@H]2N=C(N)C(C)(C)OC)c2cc(C)ccc2n1. The second kappa shape index (κ2) is 11.6. The van der Waals surface area contributed by atoms with Gasteiger partial charge in [-0.2, -0.15) is 0 Å². The molecule has 0 radical (unpaired) electrons. The number of aliphatic imine (C=N–C) groups is 1. The van der Waals surface area contributed by atoms with Gasteiger partial charge in [-0.05, 0) is 52.2 Å². The van der Waals surface area contributed by atoms with Crippen molar-refractivity contribution in [3.05, 3.63) is 29.6 Å². The van der Waals surface area contributed by atoms with E-state index in [1.807, 2.05) is 39.0 Å². The molecule has 1 amide bonds. The fourth-order valence-electron chi connectivity index (χ4n) is 4.00. The Kier molecular flexibility index (Phi) is 8.79. The molecule has 1 aromatic carbocycles. The van der Waals surface area contributed by atoms with Gasteiger partial charge in [-0.25, -0.2) is 9.97 Å². The van der Waals surface area contributed by atoms with E-state index in [0.29, 0.717) is 24.8 Å². The summed E-state index contributed by atoms with van der Waals surface area (Å²) in [4.78, 5) is 26.8. The molecule has 2 aromatic rings. The number of carbonyl (C=O) groups excluding carboxylic acids is 1. The minimum atomic E-state index is -0.630. The highest BCUT2D eigenvalue weighted by atomic mass is 16.5. The molecular formula is C25H38N6O3. The number of methoxy groups -OCH3 is 2. The van der Waals surface area contributed by atoms with Crippen LogP contribution in [0.5, 0.6) is 0 Å². The monoisotopic (exact) mass is 470 g/mol. The Bertz CT molecular complexity index is 1020. The summed E-state index contributed by atoms with van der Waals surface area (Å²) in [5, 5.41) is 7.35. The number of ether oxygens (including phenoxy) is 2. The minimum Gasteiger partial charge on any atom is -0.385 e. The maximum atomic E-state index is 12.8. The van der Waals surface area contributed by atoms with Crippen molar-refractivity contribution in [1.29, 1.82) is 0 Å². The number of fused-ring (bicyclic) bond motifs is 1. The van der Waals surface area contributed by atoms with Crippen LogP contribution in [0.2, 0.25) is 0 Å². The largest absolute Gasteiger partial charge is 0.385 e. The Morgan fingerprint density at radius 3 is 2.74 bits per heavy atom. The predicted molar refractivity (Wildman–Crippen MR) is 135 cm³/mol. The van der Waals surface area contributed by atoms with Crippen LogP contribution in [0, 0.1) is 6.92 Å². The molecule has 9 heteroatoms. The summed E-state index contributed by atoms with van der Waals surface area (Å²) >= 11 is 0. The number of rotatable bonds is 10. The quantitative estimate of drug-likeness (QED) is 0.277. The van der Waals surface area contributed by atoms with E-state index in [0.717, 1.165) is 48.6 Å². The molecule has 0 saturated heterocycles. The number of aromatic nitrogens is 2. The lowest BCUT2D eigenvalue weighted by Gasteiger charge is -2.32. The number of aryl methyl sites for hydroxylation is 1. The van der Waals surface area contributed by atoms with Crippen molar-refractivity contribution in [1.82, 2.24) is 15.3 Å². The number of amides is 1. The number of carbonyl (C=O) groups is 1. The number of nitrogens with zero attached hydrogens (tertiary/aromatic N) is 3. The number of nitrogens with two attached hydrogens (primary N) is 1. The van der Waals surface area contributed by atoms with Crippen molar-refractivity contribution < 1.29 is 14.3 Å². The molecular weight excluding hydrogens is 432 g/mol. The van der Waals surface area contributed by atoms with Gasteiger partial charge in [0.15, 0.2) is 0 Å². The number of hydrogen-bond donors (Lipinski definition) is 3. The second-order valence-corrected chi connectivity index (χ2v) is 9.35. The summed E-state index contributed by atoms with van der Waals surface area (Å²) in [6.45, 7) is 6.93. The summed E-state index contributed by atoms with van der Waals surface area (Å²) in [6, 6.07) is 5.98. The van der Waals surface area contributed by atoms with E-state index in [9.17, 15) is 4.79 Å². The van der Waals surface area contributed by atoms with Gasteiger partial charge in [0.1, 0.15) is 17.3 Å². The average molecular weight is 471 g/mol. The highest BCUT2D eigenvalue weighted by Crippen LogP contribution is 2.28. The zero-order valence-corrected chi connectivity index (χ0v) is 21.0. The molecule has 1 aliphatic carbocycles. The Balaban J connectivity index is 1.91. The lowest BCUT2D eigenvalue weighted by Crippen LogP contribution is -2.44. The van der Waals surface area contributed by atoms with Crippen LogP contribution in [0.15, 0.2) is 23.2 Å². The van der Waals surface area contributed by atoms with Crippen molar-refractivity contribution in [3.8, 4) is 0 Å². The van der Waals surface area contributed by atoms with E-state index in [-0.39, 0.29) is 23.8 Å². The Labute approximate surface area is 201 Å². The molecule has 1 fully saturated rings. The van der Waals surface area contributed by atoms with Crippen molar-refractivity contribution in [2.24, 2.45) is 10.7 Å². The zero-order chi connectivity index (χ0) is 24.7. The van der Waals surface area contributed by atoms with Gasteiger partial charge < -0.3 is 25.8 Å². The molecule has 0 spiro atoms. The summed E-state index contributed by atoms with van der Waals surface area (Å²) in [7, 11) is 3.27. The van der Waals surface area contributed by atoms with Crippen molar-refractivity contribution in [3.63, 3.8) is 0 Å². The normalized spacial score (nSPS) is 19.3. The number of amidine groups is 1. The van der Waals surface area contributed by atoms with E-state index >= 15 is 0 Å². The third-order valence-corrected chi connectivity index (χ3v) is 6.35. The molecule has 3 rings (SSSR count). The third kappa shape index (κ3) is 6.42. The zero-order valence-electron chi connectivity index (χ0n) is 21.0. The van der Waals surface area contributed by atoms with Crippen LogP contribution < -0.4 is 16.4 Å². The van der Waals surface area contributed by atoms with E-state index in [4.69, 9.17) is 20.2 Å². The van der Waals surface area contributed by atoms with Crippen molar-refractivity contribution in [2.75, 3.05) is 32.7 Å². The third-order valence-electron chi connectivity index (χ3n) is 6.35. The predicted octanol–water partition coefficient (Wildman–Crippen LogP) is 3.21. The van der Waals surface area contributed by atoms with Crippen LogP contribution in [-0.4, -0.2) is 66.8 Å². The maximum Gasteiger partial charge on any atom is 0.289 e. The first-order chi connectivity index (χ1) is 16.2. The average Bonchev–Trinajstić information content (AvgIpc) is 2.83. The molecule has 9 nitrogen and oxygen atoms in total. The van der Waals surface area contributed by atoms with Crippen LogP contribution in [0.4, 0.5) is 5.82 Å². The standard InChI is InChI=1S/C25H38N6O3/c1-16-11-12-18-17(15-16)21(31-22(28-18)23(32)27-13-8-14-33-4)29-19-9-6-7-10-20(19)30-24(26)25(2,3)34-5/h11-12,15,19-20H,6-10,13-14H2,1-5H3,(H2,26,30)(H,27,32)(H,28,29,31)/t19-,20+/m0/s1. The minimum absolute atomic E-state index is 0.00989. The molecule has 4 N–H and O–H groups in total. The molecule has 34 heavy (non-hydrogen) atoms. The number of nitrogens with one attached hydrogen (secondary N) is 2. The number of hydrogen-bond acceptors (Lipinski definition) is 7. The van der Waals surface area contributed by atoms with E-state index in [1.165, 1.54) is 0 Å². The first-order valence-electron chi connectivity index (χ1n) is 12.0. The van der Waals surface area contributed by atoms with Gasteiger partial charge >= 0.3 is 0 Å². The van der Waals surface area contributed by atoms with Crippen LogP contribution in [0.1, 0.15) is 62.1 Å². The summed E-state index contributed by atoms with van der Waals surface area (Å²) in [5.41, 5.74) is 7.49. The van der Waals surface area contributed by atoms with Crippen LogP contribution in [-0.2, 0) is 9.47 Å². The lowest BCUT2D eigenvalue weighted by atomic mass is 9.90. The molecule has 1 heterocycles. The molecule has 0 aliphatic heterocycles. The summed E-state index contributed by atoms with van der Waals surface area (Å²) in [6.07, 6.45) is 4.76. The first-order valence-corrected chi connectivity index (χ1v) is 12.0. The van der Waals surface area contributed by atoms with E-state index in [2.05, 4.69) is 20.6 Å². The van der Waals surface area contributed by atoms with Crippen LogP contribution in [0.25, 0.3) is 10.9 Å². The summed E-state index contributed by atoms with van der Waals surface area (Å²) in [5.74, 6) is 0.971. The van der Waals surface area contributed by atoms with Gasteiger partial charge in [0.05, 0.1) is 11.6 Å². The highest BCUT2D eigenvalue weighted by Gasteiger charge is 2.29. The lowest BCUT2D eigenvalue weighted by molar-refractivity contribution is 0.0810. The molecule has 1 saturated carbocycles. The topological polar surface area (TPSA) is 124 Å². The van der Waals surface area contributed by atoms with Gasteiger partial charge in [-0.1, -0.05) is 24.5 Å². The van der Waals surface area contributed by atoms with Crippen molar-refractivity contribution >= 4 is 28.5 Å². The Morgan fingerprint density at radius 1 is 1.24 bits per heavy atom. The molecule has 1 aromatic heterocycles. The second-order valence-electron chi connectivity index (χ2n) is 9.35. The van der Waals surface area contributed by atoms with E-state index in [1.54, 1.807) is 14.2 Å². The summed E-state index contributed by atoms with van der Waals surface area (Å²) < 4.78 is 10.6. The van der Waals surface area contributed by atoms with E-state index < -0.39 is 5.60 Å². The van der Waals surface area contributed by atoms with Gasteiger partial charge in [0, 0.05) is 38.8 Å². The molecule has 186 valence electrons. The Hall–Kier alpha value is -2.78. The van der Waals surface area contributed by atoms with Gasteiger partial charge in [0.25, 0.3) is 5.91 Å². The fourth-order valence-corrected chi connectivity index (χ4v) is 4.00. The fraction of sp³-hybridized carbons (Fsp3) is 0.600.